The van der Waals surface area contributed by atoms with E-state index in [-0.39, 0.29) is 0 Å². The monoisotopic (exact) mass is 272 g/mol. The van der Waals surface area contributed by atoms with Crippen molar-refractivity contribution in [1.82, 2.24) is 0 Å². The molecule has 0 aromatic rings. The van der Waals surface area contributed by atoms with Gasteiger partial charge in [-0.2, -0.15) is 0 Å². The van der Waals surface area contributed by atoms with E-state index >= 15 is 0 Å². The summed E-state index contributed by atoms with van der Waals surface area (Å²) in [5.74, 6) is 0.0168. The predicted octanol–water partition coefficient (Wildman–Crippen LogP) is 4.64. The normalized spacial score (nSPS) is 12.5. The molecule has 3 nitrogen and oxygen atoms in total. The minimum absolute atomic E-state index is 0.327. The van der Waals surface area contributed by atoms with Gasteiger partial charge in [-0.3, -0.25) is 4.79 Å². The first-order chi connectivity index (χ1) is 9.16. The lowest BCUT2D eigenvalue weighted by molar-refractivity contribution is -0.137. The molecule has 0 rings (SSSR count). The summed E-state index contributed by atoms with van der Waals surface area (Å²) >= 11 is 0. The zero-order valence-electron chi connectivity index (χ0n) is 12.8. The van der Waals surface area contributed by atoms with E-state index < -0.39 is 5.97 Å². The van der Waals surface area contributed by atoms with Crippen LogP contribution in [-0.2, 0) is 9.53 Å². The summed E-state index contributed by atoms with van der Waals surface area (Å²) in [6.07, 6.45) is 10.8. The van der Waals surface area contributed by atoms with Crippen molar-refractivity contribution >= 4 is 5.97 Å². The highest BCUT2D eigenvalue weighted by atomic mass is 16.5. The first-order valence-electron chi connectivity index (χ1n) is 7.96. The van der Waals surface area contributed by atoms with Gasteiger partial charge in [0.15, 0.2) is 0 Å². The zero-order chi connectivity index (χ0) is 14.3. The van der Waals surface area contributed by atoms with Crippen LogP contribution < -0.4 is 0 Å². The third-order valence-corrected chi connectivity index (χ3v) is 3.53. The zero-order valence-corrected chi connectivity index (χ0v) is 12.8. The van der Waals surface area contributed by atoms with Gasteiger partial charge in [0.25, 0.3) is 0 Å². The smallest absolute Gasteiger partial charge is 0.303 e. The highest BCUT2D eigenvalue weighted by molar-refractivity contribution is 5.66. The van der Waals surface area contributed by atoms with Crippen molar-refractivity contribution in [3.05, 3.63) is 0 Å². The van der Waals surface area contributed by atoms with Crippen LogP contribution in [0.1, 0.15) is 78.1 Å². The van der Waals surface area contributed by atoms with Gasteiger partial charge in [-0.25, -0.2) is 0 Å². The van der Waals surface area contributed by atoms with Crippen LogP contribution in [-0.4, -0.2) is 24.3 Å². The van der Waals surface area contributed by atoms with E-state index in [0.717, 1.165) is 26.1 Å². The maximum Gasteiger partial charge on any atom is 0.303 e. The highest BCUT2D eigenvalue weighted by Gasteiger charge is 1.98. The Bertz CT molecular complexity index is 204. The van der Waals surface area contributed by atoms with Gasteiger partial charge in [-0.05, 0) is 18.8 Å². The molecule has 1 N–H and O–H groups in total. The predicted molar refractivity (Wildman–Crippen MR) is 79.5 cm³/mol. The second kappa shape index (κ2) is 13.9. The van der Waals surface area contributed by atoms with Crippen LogP contribution >= 0.6 is 0 Å². The number of ether oxygens (including phenoxy) is 1. The maximum absolute atomic E-state index is 10.3. The fraction of sp³-hybridized carbons (Fsp3) is 0.938. The number of unbranched alkanes of at least 4 members (excludes halogenated alkanes) is 7. The molecule has 1 atom stereocenters. The standard InChI is InChI=1S/C16H32O3/c1-3-15(2)14-19-13-11-9-7-5-4-6-8-10-12-16(17)18/h15H,3-14H2,1-2H3,(H,17,18). The summed E-state index contributed by atoms with van der Waals surface area (Å²) < 4.78 is 5.61. The van der Waals surface area contributed by atoms with Gasteiger partial charge in [0.1, 0.15) is 0 Å². The van der Waals surface area contributed by atoms with Crippen LogP contribution in [0.5, 0.6) is 0 Å². The van der Waals surface area contributed by atoms with E-state index in [1.807, 2.05) is 0 Å². The van der Waals surface area contributed by atoms with E-state index in [9.17, 15) is 4.79 Å². The number of carboxylic acids is 1. The Kier molecular flexibility index (Phi) is 13.4. The molecule has 0 aliphatic heterocycles. The Balaban J connectivity index is 3.01. The molecule has 0 aromatic heterocycles. The quantitative estimate of drug-likeness (QED) is 0.468. The Morgan fingerprint density at radius 3 is 2.05 bits per heavy atom. The van der Waals surface area contributed by atoms with Crippen molar-refractivity contribution in [3.8, 4) is 0 Å². The van der Waals surface area contributed by atoms with Gasteiger partial charge in [0.2, 0.25) is 0 Å². The van der Waals surface area contributed by atoms with Gasteiger partial charge < -0.3 is 9.84 Å². The fourth-order valence-electron chi connectivity index (χ4n) is 1.94. The van der Waals surface area contributed by atoms with E-state index in [0.29, 0.717) is 12.3 Å². The Morgan fingerprint density at radius 2 is 1.53 bits per heavy atom. The maximum atomic E-state index is 10.3. The van der Waals surface area contributed by atoms with Gasteiger partial charge in [0.05, 0.1) is 0 Å². The van der Waals surface area contributed by atoms with Gasteiger partial charge >= 0.3 is 5.97 Å². The lowest BCUT2D eigenvalue weighted by atomic mass is 10.1. The van der Waals surface area contributed by atoms with Crippen LogP contribution in [0.3, 0.4) is 0 Å². The Morgan fingerprint density at radius 1 is 1.00 bits per heavy atom. The van der Waals surface area contributed by atoms with Gasteiger partial charge in [-0.1, -0.05) is 58.8 Å². The molecule has 0 bridgehead atoms. The molecule has 0 aliphatic carbocycles. The molecule has 3 heteroatoms. The molecule has 114 valence electrons. The topological polar surface area (TPSA) is 46.5 Å². The SMILES string of the molecule is CCC(C)COCCCCCCCCCCC(=O)O. The van der Waals surface area contributed by atoms with Crippen molar-refractivity contribution in [2.45, 2.75) is 78.1 Å². The molecular formula is C16H32O3. The molecular weight excluding hydrogens is 240 g/mol. The van der Waals surface area contributed by atoms with Crippen LogP contribution in [0.15, 0.2) is 0 Å². The molecule has 1 unspecified atom stereocenters. The molecule has 0 spiro atoms. The van der Waals surface area contributed by atoms with E-state index in [4.69, 9.17) is 9.84 Å². The molecule has 0 saturated heterocycles. The summed E-state index contributed by atoms with van der Waals surface area (Å²) in [5.41, 5.74) is 0. The fourth-order valence-corrected chi connectivity index (χ4v) is 1.94. The lowest BCUT2D eigenvalue weighted by Gasteiger charge is -2.09. The molecule has 0 saturated carbocycles. The van der Waals surface area contributed by atoms with Crippen LogP contribution in [0.2, 0.25) is 0 Å². The number of carboxylic acid groups (broad SMARTS) is 1. The van der Waals surface area contributed by atoms with Crippen molar-refractivity contribution < 1.29 is 14.6 Å². The molecule has 0 aromatic carbocycles. The third-order valence-electron chi connectivity index (χ3n) is 3.53. The first-order valence-corrected chi connectivity index (χ1v) is 7.96. The Labute approximate surface area is 118 Å². The largest absolute Gasteiger partial charge is 0.481 e. The van der Waals surface area contributed by atoms with Crippen molar-refractivity contribution in [1.29, 1.82) is 0 Å². The summed E-state index contributed by atoms with van der Waals surface area (Å²) in [6.45, 7) is 6.23. The van der Waals surface area contributed by atoms with Crippen molar-refractivity contribution in [2.75, 3.05) is 13.2 Å². The molecule has 0 fully saturated rings. The minimum atomic E-state index is -0.669. The van der Waals surface area contributed by atoms with E-state index in [2.05, 4.69) is 13.8 Å². The second-order valence-corrected chi connectivity index (χ2v) is 5.56. The summed E-state index contributed by atoms with van der Waals surface area (Å²) in [7, 11) is 0. The molecule has 0 radical (unpaired) electrons. The van der Waals surface area contributed by atoms with Gasteiger partial charge in [0, 0.05) is 19.6 Å². The highest BCUT2D eigenvalue weighted by Crippen LogP contribution is 2.10. The van der Waals surface area contributed by atoms with E-state index in [1.165, 1.54) is 44.9 Å². The summed E-state index contributed by atoms with van der Waals surface area (Å²) in [6, 6.07) is 0. The number of aliphatic carboxylic acids is 1. The molecule has 0 heterocycles. The average molecular weight is 272 g/mol. The van der Waals surface area contributed by atoms with Crippen LogP contribution in [0, 0.1) is 5.92 Å². The molecule has 0 aliphatic rings. The molecule has 19 heavy (non-hydrogen) atoms. The number of rotatable bonds is 14. The Hall–Kier alpha value is -0.570. The van der Waals surface area contributed by atoms with Crippen LogP contribution in [0.25, 0.3) is 0 Å². The van der Waals surface area contributed by atoms with Gasteiger partial charge in [-0.15, -0.1) is 0 Å². The number of hydrogen-bond donors (Lipinski definition) is 1. The molecule has 0 amide bonds. The summed E-state index contributed by atoms with van der Waals surface area (Å²) in [4.78, 5) is 10.3. The average Bonchev–Trinajstić information content (AvgIpc) is 2.39. The lowest BCUT2D eigenvalue weighted by Crippen LogP contribution is -2.05. The van der Waals surface area contributed by atoms with E-state index in [1.54, 1.807) is 0 Å². The number of carbonyl (C=O) groups is 1. The summed E-state index contributed by atoms with van der Waals surface area (Å²) in [5, 5.41) is 8.50. The van der Waals surface area contributed by atoms with Crippen molar-refractivity contribution in [3.63, 3.8) is 0 Å². The third kappa shape index (κ3) is 15.4. The number of hydrogen-bond acceptors (Lipinski definition) is 2. The van der Waals surface area contributed by atoms with Crippen molar-refractivity contribution in [2.24, 2.45) is 5.92 Å². The van der Waals surface area contributed by atoms with Crippen LogP contribution in [0.4, 0.5) is 0 Å². The minimum Gasteiger partial charge on any atom is -0.481 e. The first kappa shape index (κ1) is 18.4. The second-order valence-electron chi connectivity index (χ2n) is 5.56.